The van der Waals surface area contributed by atoms with E-state index in [1.54, 1.807) is 0 Å². The van der Waals surface area contributed by atoms with Gasteiger partial charge < -0.3 is 5.32 Å². The van der Waals surface area contributed by atoms with Gasteiger partial charge in [-0.1, -0.05) is 54.0 Å². The van der Waals surface area contributed by atoms with Gasteiger partial charge in [-0.15, -0.1) is 0 Å². The van der Waals surface area contributed by atoms with Crippen molar-refractivity contribution in [3.05, 3.63) is 81.6 Å². The average molecular weight is 433 g/mol. The molecule has 2 aliphatic rings. The Morgan fingerprint density at radius 1 is 1.04 bits per heavy atom. The van der Waals surface area contributed by atoms with Crippen molar-refractivity contribution in [2.75, 3.05) is 5.32 Å². The van der Waals surface area contributed by atoms with Crippen LogP contribution >= 0.6 is 15.9 Å². The van der Waals surface area contributed by atoms with Gasteiger partial charge in [0.1, 0.15) is 0 Å². The number of fused-ring (bicyclic) bond motifs is 3. The second-order valence-electron chi connectivity index (χ2n) is 8.51. The predicted molar refractivity (Wildman–Crippen MR) is 116 cm³/mol. The lowest BCUT2D eigenvalue weighted by Gasteiger charge is -2.40. The molecule has 0 amide bonds. The molecule has 2 aromatic carbocycles. The van der Waals surface area contributed by atoms with Crippen LogP contribution < -0.4 is 5.32 Å². The first-order valence-electron chi connectivity index (χ1n) is 9.60. The third-order valence-corrected chi connectivity index (χ3v) is 6.55. The number of aromatic nitrogens is 1. The number of carbonyl (C=O) groups is 1. The molecule has 0 spiro atoms. The molecule has 0 bridgehead atoms. The van der Waals surface area contributed by atoms with E-state index in [1.165, 1.54) is 0 Å². The zero-order chi connectivity index (χ0) is 19.5. The van der Waals surface area contributed by atoms with E-state index in [-0.39, 0.29) is 17.1 Å². The number of nitrogens with one attached hydrogen (secondary N) is 1. The van der Waals surface area contributed by atoms with E-state index >= 15 is 0 Å². The fourth-order valence-corrected chi connectivity index (χ4v) is 5.18. The molecular weight excluding hydrogens is 412 g/mol. The highest BCUT2D eigenvalue weighted by molar-refractivity contribution is 9.10. The van der Waals surface area contributed by atoms with Crippen LogP contribution in [0.2, 0.25) is 0 Å². The zero-order valence-electron chi connectivity index (χ0n) is 15.9. The summed E-state index contributed by atoms with van der Waals surface area (Å²) in [6, 6.07) is 16.5. The van der Waals surface area contributed by atoms with E-state index in [4.69, 9.17) is 0 Å². The van der Waals surface area contributed by atoms with E-state index in [9.17, 15) is 4.79 Å². The Hall–Kier alpha value is -2.46. The van der Waals surface area contributed by atoms with Gasteiger partial charge in [0.25, 0.3) is 0 Å². The van der Waals surface area contributed by atoms with Crippen LogP contribution in [0.5, 0.6) is 0 Å². The van der Waals surface area contributed by atoms with Crippen LogP contribution in [0.4, 0.5) is 5.69 Å². The van der Waals surface area contributed by atoms with Crippen molar-refractivity contribution in [3.63, 3.8) is 0 Å². The number of halogens is 1. The highest BCUT2D eigenvalue weighted by Gasteiger charge is 2.41. The summed E-state index contributed by atoms with van der Waals surface area (Å²) < 4.78 is 1.03. The molecule has 4 heteroatoms. The van der Waals surface area contributed by atoms with Gasteiger partial charge in [-0.3, -0.25) is 9.78 Å². The number of hydrogen-bond acceptors (Lipinski definition) is 3. The van der Waals surface area contributed by atoms with Crippen LogP contribution in [0.15, 0.2) is 70.5 Å². The first-order valence-corrected chi connectivity index (χ1v) is 10.4. The molecule has 3 nitrogen and oxygen atoms in total. The van der Waals surface area contributed by atoms with Gasteiger partial charge >= 0.3 is 0 Å². The number of Topliss-reactive ketones (excluding diaryl/α,β-unsaturated/α-hetero) is 1. The van der Waals surface area contributed by atoms with Gasteiger partial charge in [0.2, 0.25) is 0 Å². The smallest absolute Gasteiger partial charge is 0.162 e. The van der Waals surface area contributed by atoms with E-state index in [2.05, 4.69) is 70.4 Å². The fourth-order valence-electron chi connectivity index (χ4n) is 4.67. The maximum absolute atomic E-state index is 13.3. The standard InChI is InChI=1S/C24H21BrN2O/c1-24(2)12-19-22(20(28)13-24)21(14-6-3-4-8-17(14)25)16-9-10-18-15(23(16)27-19)7-5-11-26-18/h3-11,21,27H,12-13H2,1-2H3. The van der Waals surface area contributed by atoms with Crippen LogP contribution in [0.1, 0.15) is 43.7 Å². The summed E-state index contributed by atoms with van der Waals surface area (Å²) in [6.07, 6.45) is 3.27. The van der Waals surface area contributed by atoms with Crippen molar-refractivity contribution in [1.29, 1.82) is 0 Å². The second kappa shape index (κ2) is 6.28. The zero-order valence-corrected chi connectivity index (χ0v) is 17.5. The van der Waals surface area contributed by atoms with E-state index in [0.29, 0.717) is 6.42 Å². The summed E-state index contributed by atoms with van der Waals surface area (Å²) in [6.45, 7) is 4.34. The minimum atomic E-state index is -0.0740. The Bertz CT molecular complexity index is 1160. The number of nitrogens with zero attached hydrogens (tertiary/aromatic N) is 1. The third kappa shape index (κ3) is 2.70. The van der Waals surface area contributed by atoms with Crippen LogP contribution in [-0.2, 0) is 4.79 Å². The summed E-state index contributed by atoms with van der Waals surface area (Å²) in [4.78, 5) is 17.8. The van der Waals surface area contributed by atoms with Crippen molar-refractivity contribution in [1.82, 2.24) is 4.98 Å². The molecule has 1 N–H and O–H groups in total. The minimum absolute atomic E-state index is 0.0400. The van der Waals surface area contributed by atoms with Gasteiger partial charge in [0.15, 0.2) is 5.78 Å². The first kappa shape index (κ1) is 17.6. The van der Waals surface area contributed by atoms with Gasteiger partial charge in [0.05, 0.1) is 11.2 Å². The fraction of sp³-hybridized carbons (Fsp3) is 0.250. The third-order valence-electron chi connectivity index (χ3n) is 5.83. The average Bonchev–Trinajstić information content (AvgIpc) is 2.66. The summed E-state index contributed by atoms with van der Waals surface area (Å²) in [7, 11) is 0. The van der Waals surface area contributed by atoms with Crippen molar-refractivity contribution in [3.8, 4) is 0 Å². The Kier molecular flexibility index (Phi) is 3.95. The molecule has 3 aromatic rings. The van der Waals surface area contributed by atoms with Crippen LogP contribution in [-0.4, -0.2) is 10.8 Å². The topological polar surface area (TPSA) is 42.0 Å². The van der Waals surface area contributed by atoms with Crippen LogP contribution in [0.25, 0.3) is 10.9 Å². The molecule has 5 rings (SSSR count). The Morgan fingerprint density at radius 2 is 1.86 bits per heavy atom. The molecule has 28 heavy (non-hydrogen) atoms. The van der Waals surface area contributed by atoms with Crippen molar-refractivity contribution < 1.29 is 4.79 Å². The number of benzene rings is 2. The maximum atomic E-state index is 13.3. The molecule has 140 valence electrons. The first-order chi connectivity index (χ1) is 13.4. The van der Waals surface area contributed by atoms with Gasteiger partial charge in [-0.05, 0) is 47.2 Å². The second-order valence-corrected chi connectivity index (χ2v) is 9.37. The lowest BCUT2D eigenvalue weighted by atomic mass is 9.68. The monoisotopic (exact) mass is 432 g/mol. The predicted octanol–water partition coefficient (Wildman–Crippen LogP) is 6.20. The Morgan fingerprint density at radius 3 is 2.68 bits per heavy atom. The number of rotatable bonds is 1. The number of carbonyl (C=O) groups excluding carboxylic acids is 1. The number of hydrogen-bond donors (Lipinski definition) is 1. The molecule has 1 aliphatic heterocycles. The van der Waals surface area contributed by atoms with Crippen molar-refractivity contribution in [2.24, 2.45) is 5.41 Å². The normalized spacial score (nSPS) is 20.5. The molecule has 1 atom stereocenters. The Balaban J connectivity index is 1.82. The van der Waals surface area contributed by atoms with Gasteiger partial charge in [-0.2, -0.15) is 0 Å². The number of allylic oxidation sites excluding steroid dienone is 2. The summed E-state index contributed by atoms with van der Waals surface area (Å²) in [5.41, 5.74) is 6.25. The highest BCUT2D eigenvalue weighted by Crippen LogP contribution is 2.51. The maximum Gasteiger partial charge on any atom is 0.162 e. The molecule has 1 unspecified atom stereocenters. The van der Waals surface area contributed by atoms with Crippen LogP contribution in [0, 0.1) is 5.41 Å². The molecule has 0 saturated heterocycles. The summed E-state index contributed by atoms with van der Waals surface area (Å²) >= 11 is 3.73. The lowest BCUT2D eigenvalue weighted by molar-refractivity contribution is -0.118. The molecule has 0 fully saturated rings. The Labute approximate surface area is 173 Å². The molecule has 1 aliphatic carbocycles. The number of anilines is 1. The number of pyridine rings is 1. The lowest BCUT2D eigenvalue weighted by Crippen LogP contribution is -2.34. The van der Waals surface area contributed by atoms with Gasteiger partial charge in [-0.25, -0.2) is 0 Å². The molecule has 1 aromatic heterocycles. The molecule has 0 radical (unpaired) electrons. The molecule has 2 heterocycles. The van der Waals surface area contributed by atoms with Crippen LogP contribution in [0.3, 0.4) is 0 Å². The summed E-state index contributed by atoms with van der Waals surface area (Å²) in [5, 5.41) is 4.75. The van der Waals surface area contributed by atoms with Gasteiger partial charge in [0, 0.05) is 39.7 Å². The molecular formula is C24H21BrN2O. The van der Waals surface area contributed by atoms with E-state index < -0.39 is 0 Å². The van der Waals surface area contributed by atoms with Crippen molar-refractivity contribution >= 4 is 38.3 Å². The molecule has 0 saturated carbocycles. The SMILES string of the molecule is CC1(C)CC(=O)C2=C(C1)Nc1c(ccc3ncccc13)C2c1ccccc1Br. The number of ketones is 1. The minimum Gasteiger partial charge on any atom is -0.358 e. The quantitative estimate of drug-likeness (QED) is 0.497. The highest BCUT2D eigenvalue weighted by atomic mass is 79.9. The largest absolute Gasteiger partial charge is 0.358 e. The summed E-state index contributed by atoms with van der Waals surface area (Å²) in [5.74, 6) is 0.173. The van der Waals surface area contributed by atoms with Crippen molar-refractivity contribution in [2.45, 2.75) is 32.6 Å². The van der Waals surface area contributed by atoms with E-state index in [0.717, 1.165) is 49.9 Å². The van der Waals surface area contributed by atoms with E-state index in [1.807, 2.05) is 24.4 Å².